The molecule has 36 heavy (non-hydrogen) atoms. The Balaban J connectivity index is 1.49. The molecule has 0 radical (unpaired) electrons. The van der Waals surface area contributed by atoms with Gasteiger partial charge in [0, 0.05) is 45.0 Å². The molecule has 2 heterocycles. The van der Waals surface area contributed by atoms with Gasteiger partial charge in [0.15, 0.2) is 0 Å². The van der Waals surface area contributed by atoms with E-state index in [0.717, 1.165) is 31.1 Å². The predicted molar refractivity (Wildman–Crippen MR) is 137 cm³/mol. The second-order valence-electron chi connectivity index (χ2n) is 8.99. The lowest BCUT2D eigenvalue weighted by atomic mass is 10.1. The van der Waals surface area contributed by atoms with Crippen LogP contribution in [-0.4, -0.2) is 99.1 Å². The van der Waals surface area contributed by atoms with Crippen LogP contribution in [-0.2, 0) is 9.59 Å². The van der Waals surface area contributed by atoms with Crippen LogP contribution in [0.3, 0.4) is 0 Å². The van der Waals surface area contributed by atoms with E-state index < -0.39 is 18.0 Å². The largest absolute Gasteiger partial charge is 0.497 e. The predicted octanol–water partition coefficient (Wildman–Crippen LogP) is 2.12. The fraction of sp³-hybridized carbons (Fsp3) is 0.423. The number of nitrogens with one attached hydrogen (secondary N) is 1. The standard InChI is InChI=1S/C26H33N5O5/c1-28-12-14-29(15-13-28)16-17-30-23(18-24(32)27-19-4-8-21(35-2)9-5-19)25(33)31(26(30)34)20-6-10-22(36-3)11-7-20/h4-11,23H,12-18H2,1-3H3,(H,27,32)/t23-/m0/s1. The van der Waals surface area contributed by atoms with E-state index in [-0.39, 0.29) is 12.3 Å². The van der Waals surface area contributed by atoms with Crippen LogP contribution in [0.4, 0.5) is 16.2 Å². The van der Waals surface area contributed by atoms with Crippen LogP contribution in [0.25, 0.3) is 0 Å². The first-order valence-corrected chi connectivity index (χ1v) is 12.0. The molecule has 0 bridgehead atoms. The first-order valence-electron chi connectivity index (χ1n) is 12.0. The highest BCUT2D eigenvalue weighted by Crippen LogP contribution is 2.28. The zero-order valence-corrected chi connectivity index (χ0v) is 21.0. The minimum atomic E-state index is -0.884. The van der Waals surface area contributed by atoms with Crippen molar-refractivity contribution in [1.82, 2.24) is 14.7 Å². The van der Waals surface area contributed by atoms with Gasteiger partial charge in [0.25, 0.3) is 5.91 Å². The number of likely N-dealkylation sites (N-methyl/N-ethyl adjacent to an activating group) is 1. The lowest BCUT2D eigenvalue weighted by Crippen LogP contribution is -2.48. The molecule has 2 aromatic rings. The SMILES string of the molecule is COc1ccc(NC(=O)C[C@H]2C(=O)N(c3ccc(OC)cc3)C(=O)N2CCN2CCN(C)CC2)cc1. The number of nitrogens with zero attached hydrogens (tertiary/aromatic N) is 4. The van der Waals surface area contributed by atoms with Crippen LogP contribution >= 0.6 is 0 Å². The summed E-state index contributed by atoms with van der Waals surface area (Å²) in [7, 11) is 5.21. The maximum Gasteiger partial charge on any atom is 0.332 e. The molecule has 2 aliphatic heterocycles. The average Bonchev–Trinajstić information content (AvgIpc) is 3.12. The molecular formula is C26H33N5O5. The lowest BCUT2D eigenvalue weighted by Gasteiger charge is -2.33. The number of benzene rings is 2. The number of anilines is 2. The molecule has 0 aliphatic carbocycles. The summed E-state index contributed by atoms with van der Waals surface area (Å²) >= 11 is 0. The first-order chi connectivity index (χ1) is 17.4. The number of ether oxygens (including phenoxy) is 2. The van der Waals surface area contributed by atoms with Crippen molar-refractivity contribution in [3.05, 3.63) is 48.5 Å². The Hall–Kier alpha value is -3.63. The molecule has 2 fully saturated rings. The summed E-state index contributed by atoms with van der Waals surface area (Å²) in [6.07, 6.45) is -0.133. The van der Waals surface area contributed by atoms with Gasteiger partial charge in [0.2, 0.25) is 5.91 Å². The first kappa shape index (κ1) is 25.5. The third kappa shape index (κ3) is 5.77. The minimum absolute atomic E-state index is 0.133. The van der Waals surface area contributed by atoms with Crippen LogP contribution < -0.4 is 19.7 Å². The quantitative estimate of drug-likeness (QED) is 0.533. The van der Waals surface area contributed by atoms with Gasteiger partial charge in [-0.1, -0.05) is 0 Å². The van der Waals surface area contributed by atoms with Crippen LogP contribution in [0.5, 0.6) is 11.5 Å². The maximum absolute atomic E-state index is 13.5. The third-order valence-electron chi connectivity index (χ3n) is 6.65. The number of piperazine rings is 1. The minimum Gasteiger partial charge on any atom is -0.497 e. The van der Waals surface area contributed by atoms with Crippen molar-refractivity contribution < 1.29 is 23.9 Å². The van der Waals surface area contributed by atoms with E-state index in [1.165, 1.54) is 4.90 Å². The Morgan fingerprint density at radius 3 is 2.06 bits per heavy atom. The molecule has 2 aliphatic rings. The number of carbonyl (C=O) groups excluding carboxylic acids is 3. The van der Waals surface area contributed by atoms with E-state index in [1.54, 1.807) is 62.8 Å². The van der Waals surface area contributed by atoms with Crippen molar-refractivity contribution in [2.75, 3.05) is 70.8 Å². The molecule has 10 heteroatoms. The highest BCUT2D eigenvalue weighted by atomic mass is 16.5. The van der Waals surface area contributed by atoms with E-state index in [2.05, 4.69) is 22.2 Å². The molecule has 0 spiro atoms. The summed E-state index contributed by atoms with van der Waals surface area (Å²) in [5.74, 6) is 0.552. The van der Waals surface area contributed by atoms with Crippen molar-refractivity contribution in [3.63, 3.8) is 0 Å². The van der Waals surface area contributed by atoms with E-state index >= 15 is 0 Å². The molecule has 4 amide bonds. The van der Waals surface area contributed by atoms with Crippen LogP contribution in [0.2, 0.25) is 0 Å². The summed E-state index contributed by atoms with van der Waals surface area (Å²) in [6, 6.07) is 12.4. The van der Waals surface area contributed by atoms with E-state index in [9.17, 15) is 14.4 Å². The van der Waals surface area contributed by atoms with Gasteiger partial charge in [-0.25, -0.2) is 9.69 Å². The molecular weight excluding hydrogens is 462 g/mol. The molecule has 1 atom stereocenters. The zero-order chi connectivity index (χ0) is 25.7. The Labute approximate surface area is 211 Å². The summed E-state index contributed by atoms with van der Waals surface area (Å²) in [5.41, 5.74) is 1.04. The Morgan fingerprint density at radius 1 is 0.889 bits per heavy atom. The zero-order valence-electron chi connectivity index (χ0n) is 21.0. The van der Waals surface area contributed by atoms with Gasteiger partial charge in [0.1, 0.15) is 17.5 Å². The van der Waals surface area contributed by atoms with Crippen molar-refractivity contribution >= 4 is 29.2 Å². The summed E-state index contributed by atoms with van der Waals surface area (Å²) in [6.45, 7) is 4.72. The average molecular weight is 496 g/mol. The van der Waals surface area contributed by atoms with Gasteiger partial charge < -0.3 is 24.6 Å². The fourth-order valence-electron chi connectivity index (χ4n) is 4.44. The van der Waals surface area contributed by atoms with E-state index in [0.29, 0.717) is 36.0 Å². The monoisotopic (exact) mass is 495 g/mol. The number of hydrogen-bond donors (Lipinski definition) is 1. The van der Waals surface area contributed by atoms with Crippen molar-refractivity contribution in [1.29, 1.82) is 0 Å². The molecule has 0 saturated carbocycles. The number of imide groups is 1. The Morgan fingerprint density at radius 2 is 1.47 bits per heavy atom. The highest BCUT2D eigenvalue weighted by Gasteiger charge is 2.46. The van der Waals surface area contributed by atoms with Crippen LogP contribution in [0.1, 0.15) is 6.42 Å². The summed E-state index contributed by atoms with van der Waals surface area (Å²) in [5, 5.41) is 2.82. The molecule has 10 nitrogen and oxygen atoms in total. The van der Waals surface area contributed by atoms with Gasteiger partial charge in [-0.2, -0.15) is 0 Å². The van der Waals surface area contributed by atoms with E-state index in [4.69, 9.17) is 9.47 Å². The lowest BCUT2D eigenvalue weighted by molar-refractivity contribution is -0.124. The van der Waals surface area contributed by atoms with Gasteiger partial charge in [-0.05, 0) is 55.6 Å². The molecule has 1 N–H and O–H groups in total. The van der Waals surface area contributed by atoms with Crippen LogP contribution in [0.15, 0.2) is 48.5 Å². The second-order valence-corrected chi connectivity index (χ2v) is 8.99. The molecule has 2 aromatic carbocycles. The number of carbonyl (C=O) groups is 3. The molecule has 192 valence electrons. The Bertz CT molecular complexity index is 1070. The Kier molecular flexibility index (Phi) is 8.07. The van der Waals surface area contributed by atoms with Gasteiger partial charge >= 0.3 is 6.03 Å². The second kappa shape index (κ2) is 11.4. The highest BCUT2D eigenvalue weighted by molar-refractivity contribution is 6.22. The molecule has 4 rings (SSSR count). The van der Waals surface area contributed by atoms with Gasteiger partial charge in [0.05, 0.1) is 26.3 Å². The van der Waals surface area contributed by atoms with Crippen molar-refractivity contribution in [2.45, 2.75) is 12.5 Å². The number of urea groups is 1. The van der Waals surface area contributed by atoms with E-state index in [1.807, 2.05) is 0 Å². The van der Waals surface area contributed by atoms with Crippen LogP contribution in [0, 0.1) is 0 Å². The van der Waals surface area contributed by atoms with Gasteiger partial charge in [-0.3, -0.25) is 14.5 Å². The molecule has 0 unspecified atom stereocenters. The summed E-state index contributed by atoms with van der Waals surface area (Å²) < 4.78 is 10.3. The maximum atomic E-state index is 13.5. The van der Waals surface area contributed by atoms with Gasteiger partial charge in [-0.15, -0.1) is 0 Å². The number of amides is 4. The van der Waals surface area contributed by atoms with Crippen molar-refractivity contribution in [3.8, 4) is 11.5 Å². The third-order valence-corrected chi connectivity index (χ3v) is 6.65. The number of hydrogen-bond acceptors (Lipinski definition) is 7. The fourth-order valence-corrected chi connectivity index (χ4v) is 4.44. The number of rotatable bonds is 9. The molecule has 2 saturated heterocycles. The summed E-state index contributed by atoms with van der Waals surface area (Å²) in [4.78, 5) is 47.0. The van der Waals surface area contributed by atoms with Crippen molar-refractivity contribution in [2.24, 2.45) is 0 Å². The molecule has 0 aromatic heterocycles. The number of methoxy groups -OCH3 is 2. The topological polar surface area (TPSA) is 94.7 Å². The normalized spacial score (nSPS) is 19.0. The smallest absolute Gasteiger partial charge is 0.332 e.